The van der Waals surface area contributed by atoms with Crippen molar-refractivity contribution in [1.29, 1.82) is 0 Å². The standard InChI is InChI=1S/C21H27BrN2O3/c22-18-6-8-19(9-7-18)23-24-20-10-12-21(13-11-20)27-14-4-2-1-3-5-17(15-25)16-26/h6-13,17,25-26H,1-5,14-16H2. The molecular formula is C21H27BrN2O3. The molecule has 0 aromatic heterocycles. The van der Waals surface area contributed by atoms with Gasteiger partial charge < -0.3 is 14.9 Å². The van der Waals surface area contributed by atoms with E-state index in [4.69, 9.17) is 14.9 Å². The van der Waals surface area contributed by atoms with Gasteiger partial charge in [-0.25, -0.2) is 0 Å². The Morgan fingerprint density at radius 1 is 0.778 bits per heavy atom. The second-order valence-corrected chi connectivity index (χ2v) is 7.37. The molecule has 0 heterocycles. The fourth-order valence-corrected chi connectivity index (χ4v) is 2.82. The highest BCUT2D eigenvalue weighted by atomic mass is 79.9. The number of halogens is 1. The van der Waals surface area contributed by atoms with E-state index < -0.39 is 0 Å². The molecule has 0 aliphatic carbocycles. The van der Waals surface area contributed by atoms with Crippen molar-refractivity contribution in [3.8, 4) is 5.75 Å². The summed E-state index contributed by atoms with van der Waals surface area (Å²) in [6.07, 6.45) is 5.08. The van der Waals surface area contributed by atoms with Crippen LogP contribution < -0.4 is 4.74 Å². The van der Waals surface area contributed by atoms with E-state index in [1.165, 1.54) is 0 Å². The Hall–Kier alpha value is -1.76. The molecule has 2 aromatic carbocycles. The number of benzene rings is 2. The summed E-state index contributed by atoms with van der Waals surface area (Å²) in [4.78, 5) is 0. The quantitative estimate of drug-likeness (QED) is 0.327. The number of nitrogens with zero attached hydrogens (tertiary/aromatic N) is 2. The topological polar surface area (TPSA) is 74.4 Å². The van der Waals surface area contributed by atoms with Crippen molar-refractivity contribution in [3.05, 3.63) is 53.0 Å². The predicted octanol–water partition coefficient (Wildman–Crippen LogP) is 5.79. The molecule has 0 bridgehead atoms. The molecule has 6 heteroatoms. The molecular weight excluding hydrogens is 408 g/mol. The number of hydrogen-bond donors (Lipinski definition) is 2. The molecule has 146 valence electrons. The Bertz CT molecular complexity index is 671. The monoisotopic (exact) mass is 434 g/mol. The first-order valence-electron chi connectivity index (χ1n) is 9.33. The normalized spacial score (nSPS) is 11.4. The Kier molecular flexibility index (Phi) is 10.0. The van der Waals surface area contributed by atoms with Crippen LogP contribution in [-0.2, 0) is 0 Å². The summed E-state index contributed by atoms with van der Waals surface area (Å²) in [5.41, 5.74) is 1.59. The van der Waals surface area contributed by atoms with Crippen LogP contribution in [0.5, 0.6) is 5.75 Å². The third-order valence-corrected chi connectivity index (χ3v) is 4.76. The number of aliphatic hydroxyl groups excluding tert-OH is 2. The summed E-state index contributed by atoms with van der Waals surface area (Å²) < 4.78 is 6.77. The van der Waals surface area contributed by atoms with E-state index in [0.717, 1.165) is 53.7 Å². The van der Waals surface area contributed by atoms with E-state index in [0.29, 0.717) is 6.61 Å². The Morgan fingerprint density at radius 2 is 1.33 bits per heavy atom. The molecule has 0 fully saturated rings. The van der Waals surface area contributed by atoms with Gasteiger partial charge in [0.25, 0.3) is 0 Å². The van der Waals surface area contributed by atoms with Gasteiger partial charge in [-0.3, -0.25) is 0 Å². The fraction of sp³-hybridized carbons (Fsp3) is 0.429. The molecule has 0 saturated heterocycles. The van der Waals surface area contributed by atoms with Crippen LogP contribution in [0.1, 0.15) is 32.1 Å². The van der Waals surface area contributed by atoms with Gasteiger partial charge in [-0.1, -0.05) is 35.2 Å². The lowest BCUT2D eigenvalue weighted by molar-refractivity contribution is 0.141. The highest BCUT2D eigenvalue weighted by Gasteiger charge is 2.04. The lowest BCUT2D eigenvalue weighted by Crippen LogP contribution is -2.10. The van der Waals surface area contributed by atoms with Crippen LogP contribution in [0.2, 0.25) is 0 Å². The number of ether oxygens (including phenoxy) is 1. The maximum absolute atomic E-state index is 9.02. The average Bonchev–Trinajstić information content (AvgIpc) is 2.70. The van der Waals surface area contributed by atoms with Crippen LogP contribution in [0.15, 0.2) is 63.2 Å². The molecule has 27 heavy (non-hydrogen) atoms. The maximum atomic E-state index is 9.02. The van der Waals surface area contributed by atoms with E-state index in [1.807, 2.05) is 48.5 Å². The molecule has 0 saturated carbocycles. The van der Waals surface area contributed by atoms with Crippen LogP contribution >= 0.6 is 15.9 Å². The van der Waals surface area contributed by atoms with Crippen LogP contribution in [-0.4, -0.2) is 30.0 Å². The van der Waals surface area contributed by atoms with Gasteiger partial charge in [-0.15, -0.1) is 0 Å². The summed E-state index contributed by atoms with van der Waals surface area (Å²) in [6.45, 7) is 0.819. The van der Waals surface area contributed by atoms with E-state index in [9.17, 15) is 0 Å². The van der Waals surface area contributed by atoms with Crippen LogP contribution in [0, 0.1) is 5.92 Å². The minimum Gasteiger partial charge on any atom is -0.494 e. The molecule has 0 aliphatic rings. The first-order chi connectivity index (χ1) is 13.2. The third kappa shape index (κ3) is 8.65. The summed E-state index contributed by atoms with van der Waals surface area (Å²) >= 11 is 3.39. The minimum atomic E-state index is 0.0284. The van der Waals surface area contributed by atoms with E-state index in [1.54, 1.807) is 0 Å². The van der Waals surface area contributed by atoms with E-state index >= 15 is 0 Å². The van der Waals surface area contributed by atoms with E-state index in [-0.39, 0.29) is 19.1 Å². The lowest BCUT2D eigenvalue weighted by Gasteiger charge is -2.10. The summed E-state index contributed by atoms with van der Waals surface area (Å²) in [5, 5.41) is 26.5. The molecule has 0 spiro atoms. The Balaban J connectivity index is 1.63. The van der Waals surface area contributed by atoms with Gasteiger partial charge in [0.05, 0.1) is 18.0 Å². The van der Waals surface area contributed by atoms with Gasteiger partial charge in [0.1, 0.15) is 5.75 Å². The first kappa shape index (κ1) is 21.5. The van der Waals surface area contributed by atoms with Crippen LogP contribution in [0.25, 0.3) is 0 Å². The SMILES string of the molecule is OCC(CO)CCCCCCOc1ccc(N=Nc2ccc(Br)cc2)cc1. The largest absolute Gasteiger partial charge is 0.494 e. The van der Waals surface area contributed by atoms with Crippen molar-refractivity contribution in [2.45, 2.75) is 32.1 Å². The second kappa shape index (κ2) is 12.6. The predicted molar refractivity (Wildman–Crippen MR) is 111 cm³/mol. The molecule has 2 rings (SSSR count). The van der Waals surface area contributed by atoms with Gasteiger partial charge in [-0.2, -0.15) is 10.2 Å². The molecule has 0 radical (unpaired) electrons. The summed E-state index contributed by atoms with van der Waals surface area (Å²) in [7, 11) is 0. The minimum absolute atomic E-state index is 0.0284. The number of hydrogen-bond acceptors (Lipinski definition) is 5. The molecule has 2 N–H and O–H groups in total. The second-order valence-electron chi connectivity index (χ2n) is 6.45. The van der Waals surface area contributed by atoms with Crippen molar-refractivity contribution in [2.75, 3.05) is 19.8 Å². The van der Waals surface area contributed by atoms with Gasteiger partial charge in [0.15, 0.2) is 0 Å². The van der Waals surface area contributed by atoms with Gasteiger partial charge in [0.2, 0.25) is 0 Å². The average molecular weight is 435 g/mol. The molecule has 2 aromatic rings. The van der Waals surface area contributed by atoms with Crippen LogP contribution in [0.3, 0.4) is 0 Å². The molecule has 0 amide bonds. The first-order valence-corrected chi connectivity index (χ1v) is 10.1. The number of azo groups is 1. The summed E-state index contributed by atoms with van der Waals surface area (Å²) in [5.74, 6) is 0.860. The van der Waals surface area contributed by atoms with Crippen molar-refractivity contribution in [1.82, 2.24) is 0 Å². The lowest BCUT2D eigenvalue weighted by atomic mass is 10.0. The molecule has 0 unspecified atom stereocenters. The van der Waals surface area contributed by atoms with Gasteiger partial charge >= 0.3 is 0 Å². The van der Waals surface area contributed by atoms with Crippen LogP contribution in [0.4, 0.5) is 11.4 Å². The number of unbranched alkanes of at least 4 members (excludes halogenated alkanes) is 3. The van der Waals surface area contributed by atoms with Gasteiger partial charge in [0, 0.05) is 23.6 Å². The smallest absolute Gasteiger partial charge is 0.119 e. The molecule has 5 nitrogen and oxygen atoms in total. The van der Waals surface area contributed by atoms with Crippen molar-refractivity contribution in [2.24, 2.45) is 16.1 Å². The maximum Gasteiger partial charge on any atom is 0.119 e. The zero-order valence-electron chi connectivity index (χ0n) is 15.4. The highest BCUT2D eigenvalue weighted by Crippen LogP contribution is 2.22. The molecule has 0 aliphatic heterocycles. The Morgan fingerprint density at radius 3 is 1.93 bits per heavy atom. The van der Waals surface area contributed by atoms with E-state index in [2.05, 4.69) is 26.2 Å². The zero-order valence-corrected chi connectivity index (χ0v) is 17.0. The van der Waals surface area contributed by atoms with Crippen molar-refractivity contribution < 1.29 is 14.9 Å². The van der Waals surface area contributed by atoms with Gasteiger partial charge in [-0.05, 0) is 61.4 Å². The Labute approximate surface area is 169 Å². The number of aliphatic hydroxyl groups is 2. The van der Waals surface area contributed by atoms with Crippen molar-refractivity contribution >= 4 is 27.3 Å². The zero-order chi connectivity index (χ0) is 19.3. The number of rotatable bonds is 12. The highest BCUT2D eigenvalue weighted by molar-refractivity contribution is 9.10. The fourth-order valence-electron chi connectivity index (χ4n) is 2.55. The summed E-state index contributed by atoms with van der Waals surface area (Å²) in [6, 6.07) is 15.3. The molecule has 0 atom stereocenters. The van der Waals surface area contributed by atoms with Crippen molar-refractivity contribution in [3.63, 3.8) is 0 Å². The third-order valence-electron chi connectivity index (χ3n) is 4.24.